The first-order chi connectivity index (χ1) is 8.61. The minimum Gasteiger partial charge on any atom is -0.410 e. The Morgan fingerprint density at radius 2 is 1.72 bits per heavy atom. The molecule has 0 fully saturated rings. The predicted octanol–water partition coefficient (Wildman–Crippen LogP) is 3.95. The third-order valence-electron chi connectivity index (χ3n) is 2.40. The average molecular weight is 312 g/mol. The standard InChI is InChI=1S/C13H8BrF2NO/c14-9-3-6-11(12(16)7-9)13(17-18)8-1-4-10(15)5-2-8/h1-7,18H/b17-13+. The van der Waals surface area contributed by atoms with Gasteiger partial charge in [-0.1, -0.05) is 21.1 Å². The summed E-state index contributed by atoms with van der Waals surface area (Å²) in [5.41, 5.74) is 0.632. The van der Waals surface area contributed by atoms with Crippen LogP contribution in [0.3, 0.4) is 0 Å². The highest BCUT2D eigenvalue weighted by Crippen LogP contribution is 2.19. The second-order valence-corrected chi connectivity index (χ2v) is 4.50. The van der Waals surface area contributed by atoms with E-state index >= 15 is 0 Å². The molecular weight excluding hydrogens is 304 g/mol. The van der Waals surface area contributed by atoms with Gasteiger partial charge in [-0.25, -0.2) is 8.78 Å². The lowest BCUT2D eigenvalue weighted by Gasteiger charge is -2.06. The monoisotopic (exact) mass is 311 g/mol. The van der Waals surface area contributed by atoms with Crippen LogP contribution >= 0.6 is 15.9 Å². The highest BCUT2D eigenvalue weighted by molar-refractivity contribution is 9.10. The first-order valence-electron chi connectivity index (χ1n) is 5.05. The normalized spacial score (nSPS) is 11.6. The number of rotatable bonds is 2. The van der Waals surface area contributed by atoms with Crippen molar-refractivity contribution in [1.82, 2.24) is 0 Å². The Morgan fingerprint density at radius 1 is 1.06 bits per heavy atom. The Balaban J connectivity index is 2.49. The smallest absolute Gasteiger partial charge is 0.133 e. The van der Waals surface area contributed by atoms with E-state index in [1.54, 1.807) is 6.07 Å². The predicted molar refractivity (Wildman–Crippen MR) is 67.9 cm³/mol. The Labute approximate surface area is 111 Å². The molecule has 0 aliphatic heterocycles. The van der Waals surface area contributed by atoms with Crippen LogP contribution in [-0.4, -0.2) is 10.9 Å². The molecule has 5 heteroatoms. The highest BCUT2D eigenvalue weighted by Gasteiger charge is 2.13. The molecule has 0 radical (unpaired) electrons. The Morgan fingerprint density at radius 3 is 2.28 bits per heavy atom. The van der Waals surface area contributed by atoms with E-state index in [9.17, 15) is 8.78 Å². The summed E-state index contributed by atoms with van der Waals surface area (Å²) in [6, 6.07) is 9.67. The SMILES string of the molecule is O/N=C(\c1ccc(F)cc1)c1ccc(Br)cc1F. The molecule has 0 bridgehead atoms. The topological polar surface area (TPSA) is 32.6 Å². The summed E-state index contributed by atoms with van der Waals surface area (Å²) in [6.45, 7) is 0. The Kier molecular flexibility index (Phi) is 3.72. The number of oxime groups is 1. The van der Waals surface area contributed by atoms with Crippen LogP contribution in [-0.2, 0) is 0 Å². The minimum atomic E-state index is -0.526. The van der Waals surface area contributed by atoms with Gasteiger partial charge in [-0.15, -0.1) is 0 Å². The van der Waals surface area contributed by atoms with Crippen LogP contribution in [0.2, 0.25) is 0 Å². The molecule has 2 aromatic rings. The molecule has 0 amide bonds. The number of hydrogen-bond acceptors (Lipinski definition) is 2. The summed E-state index contributed by atoms with van der Waals surface area (Å²) < 4.78 is 27.1. The van der Waals surface area contributed by atoms with E-state index in [2.05, 4.69) is 21.1 Å². The maximum Gasteiger partial charge on any atom is 0.133 e. The maximum absolute atomic E-state index is 13.8. The van der Waals surface area contributed by atoms with E-state index in [1.807, 2.05) is 0 Å². The van der Waals surface area contributed by atoms with E-state index in [1.165, 1.54) is 36.4 Å². The van der Waals surface area contributed by atoms with Crippen molar-refractivity contribution in [2.24, 2.45) is 5.16 Å². The summed E-state index contributed by atoms with van der Waals surface area (Å²) in [5, 5.41) is 12.1. The molecule has 0 atom stereocenters. The molecule has 0 saturated carbocycles. The van der Waals surface area contributed by atoms with Gasteiger partial charge < -0.3 is 5.21 Å². The van der Waals surface area contributed by atoms with Crippen LogP contribution in [0.15, 0.2) is 52.1 Å². The van der Waals surface area contributed by atoms with Gasteiger partial charge in [0.1, 0.15) is 17.3 Å². The van der Waals surface area contributed by atoms with Crippen LogP contribution in [0.1, 0.15) is 11.1 Å². The molecule has 0 saturated heterocycles. The van der Waals surface area contributed by atoms with E-state index in [4.69, 9.17) is 5.21 Å². The molecule has 2 rings (SSSR count). The van der Waals surface area contributed by atoms with Gasteiger partial charge in [0, 0.05) is 15.6 Å². The lowest BCUT2D eigenvalue weighted by molar-refractivity contribution is 0.319. The van der Waals surface area contributed by atoms with Crippen molar-refractivity contribution in [2.75, 3.05) is 0 Å². The van der Waals surface area contributed by atoms with Gasteiger partial charge in [0.15, 0.2) is 0 Å². The van der Waals surface area contributed by atoms with Crippen LogP contribution in [0.4, 0.5) is 8.78 Å². The van der Waals surface area contributed by atoms with Crippen LogP contribution in [0, 0.1) is 11.6 Å². The highest BCUT2D eigenvalue weighted by atomic mass is 79.9. The number of halogens is 3. The summed E-state index contributed by atoms with van der Waals surface area (Å²) in [6.07, 6.45) is 0. The largest absolute Gasteiger partial charge is 0.410 e. The van der Waals surface area contributed by atoms with Gasteiger partial charge in [-0.2, -0.15) is 0 Å². The third kappa shape index (κ3) is 2.56. The minimum absolute atomic E-state index is 0.0556. The van der Waals surface area contributed by atoms with Crippen LogP contribution in [0.25, 0.3) is 0 Å². The van der Waals surface area contributed by atoms with Crippen molar-refractivity contribution in [1.29, 1.82) is 0 Å². The second-order valence-electron chi connectivity index (χ2n) is 3.58. The maximum atomic E-state index is 13.8. The van der Waals surface area contributed by atoms with Crippen molar-refractivity contribution in [2.45, 2.75) is 0 Å². The van der Waals surface area contributed by atoms with Gasteiger partial charge in [0.05, 0.1) is 0 Å². The zero-order chi connectivity index (χ0) is 13.1. The lowest BCUT2D eigenvalue weighted by Crippen LogP contribution is -2.06. The first kappa shape index (κ1) is 12.7. The summed E-state index contributed by atoms with van der Waals surface area (Å²) in [5.74, 6) is -0.936. The van der Waals surface area contributed by atoms with Crippen LogP contribution < -0.4 is 0 Å². The molecular formula is C13H8BrF2NO. The summed E-state index contributed by atoms with van der Waals surface area (Å²) in [7, 11) is 0. The van der Waals surface area contributed by atoms with Gasteiger partial charge in [-0.05, 0) is 42.5 Å². The average Bonchev–Trinajstić information content (AvgIpc) is 2.35. The molecule has 0 aliphatic rings. The fourth-order valence-corrected chi connectivity index (χ4v) is 1.89. The van der Waals surface area contributed by atoms with Gasteiger partial charge in [0.2, 0.25) is 0 Å². The molecule has 92 valence electrons. The molecule has 0 heterocycles. The van der Waals surface area contributed by atoms with Crippen molar-refractivity contribution >= 4 is 21.6 Å². The summed E-state index contributed by atoms with van der Waals surface area (Å²) >= 11 is 3.14. The third-order valence-corrected chi connectivity index (χ3v) is 2.90. The van der Waals surface area contributed by atoms with Gasteiger partial charge >= 0.3 is 0 Å². The molecule has 0 aliphatic carbocycles. The van der Waals surface area contributed by atoms with Crippen molar-refractivity contribution in [3.63, 3.8) is 0 Å². The molecule has 0 spiro atoms. The van der Waals surface area contributed by atoms with Crippen molar-refractivity contribution in [3.05, 3.63) is 69.7 Å². The second kappa shape index (κ2) is 5.27. The molecule has 18 heavy (non-hydrogen) atoms. The zero-order valence-electron chi connectivity index (χ0n) is 9.07. The Hall–Kier alpha value is -1.75. The van der Waals surface area contributed by atoms with Crippen molar-refractivity contribution in [3.8, 4) is 0 Å². The van der Waals surface area contributed by atoms with E-state index < -0.39 is 11.6 Å². The number of nitrogens with zero attached hydrogens (tertiary/aromatic N) is 1. The fraction of sp³-hybridized carbons (Fsp3) is 0. The Bertz CT molecular complexity index is 596. The molecule has 0 unspecified atom stereocenters. The number of hydrogen-bond donors (Lipinski definition) is 1. The first-order valence-corrected chi connectivity index (χ1v) is 5.84. The zero-order valence-corrected chi connectivity index (χ0v) is 10.7. The lowest BCUT2D eigenvalue weighted by atomic mass is 10.0. The molecule has 1 N–H and O–H groups in total. The van der Waals surface area contributed by atoms with Gasteiger partial charge in [0.25, 0.3) is 0 Å². The van der Waals surface area contributed by atoms with Crippen molar-refractivity contribution < 1.29 is 14.0 Å². The molecule has 2 nitrogen and oxygen atoms in total. The molecule has 2 aromatic carbocycles. The number of benzene rings is 2. The van der Waals surface area contributed by atoms with E-state index in [0.29, 0.717) is 10.0 Å². The summed E-state index contributed by atoms with van der Waals surface area (Å²) in [4.78, 5) is 0. The quantitative estimate of drug-likeness (QED) is 0.508. The fourth-order valence-electron chi connectivity index (χ4n) is 1.56. The van der Waals surface area contributed by atoms with E-state index in [0.717, 1.165) is 0 Å². The van der Waals surface area contributed by atoms with Gasteiger partial charge in [-0.3, -0.25) is 0 Å². The van der Waals surface area contributed by atoms with Crippen LogP contribution in [0.5, 0.6) is 0 Å². The van der Waals surface area contributed by atoms with E-state index in [-0.39, 0.29) is 11.3 Å². The molecule has 0 aromatic heterocycles.